The minimum atomic E-state index is 0. The molecule has 0 fully saturated rings. The molecule has 1 radical (unpaired) electrons. The van der Waals surface area contributed by atoms with Crippen molar-refractivity contribution in [3.8, 4) is 22.5 Å². The number of nitrogens with zero attached hydrogens (tertiary/aromatic N) is 4. The smallest absolute Gasteiger partial charge is 0.232 e. The topological polar surface area (TPSA) is 32.3 Å². The van der Waals surface area contributed by atoms with E-state index in [-0.39, 0.29) is 26.8 Å². The maximum Gasteiger partial charge on any atom is 0.232 e. The van der Waals surface area contributed by atoms with Crippen LogP contribution < -0.4 is 26.2 Å². The number of rotatable bonds is 2. The Kier molecular flexibility index (Phi) is 7.99. The third-order valence-corrected chi connectivity index (χ3v) is 8.14. The van der Waals surface area contributed by atoms with E-state index in [4.69, 9.17) is 0 Å². The minimum absolute atomic E-state index is 0. The van der Waals surface area contributed by atoms with E-state index in [1.165, 1.54) is 44.7 Å². The summed E-state index contributed by atoms with van der Waals surface area (Å²) in [7, 11) is 4.31. The monoisotopic (exact) mass is 733 g/mol. The van der Waals surface area contributed by atoms with Crippen molar-refractivity contribution in [1.82, 2.24) is 9.97 Å². The van der Waals surface area contributed by atoms with Gasteiger partial charge in [-0.05, 0) is 64.4 Å². The Morgan fingerprint density at radius 1 is 0.651 bits per heavy atom. The van der Waals surface area contributed by atoms with Crippen molar-refractivity contribution in [2.45, 2.75) is 6.92 Å². The molecule has 43 heavy (non-hydrogen) atoms. The second-order valence-electron chi connectivity index (χ2n) is 10.7. The van der Waals surface area contributed by atoms with Crippen LogP contribution in [0.3, 0.4) is 0 Å². The van der Waals surface area contributed by atoms with Crippen LogP contribution in [0.1, 0.15) is 5.56 Å². The third-order valence-electron chi connectivity index (χ3n) is 8.14. The third kappa shape index (κ3) is 5.07. The Morgan fingerprint density at radius 2 is 1.35 bits per heavy atom. The molecule has 6 aromatic rings. The number of pyridine rings is 2. The van der Waals surface area contributed by atoms with E-state index in [0.29, 0.717) is 0 Å². The molecule has 8 rings (SSSR count). The van der Waals surface area contributed by atoms with Crippen molar-refractivity contribution >= 4 is 45.9 Å². The molecule has 0 atom stereocenters. The summed E-state index contributed by atoms with van der Waals surface area (Å²) < 4.78 is 0. The number of aryl methyl sites for hydroxylation is 1. The Morgan fingerprint density at radius 3 is 2.00 bits per heavy atom. The van der Waals surface area contributed by atoms with Crippen LogP contribution in [-0.4, -0.2) is 30.8 Å². The molecule has 0 amide bonds. The summed E-state index contributed by atoms with van der Waals surface area (Å²) in [5, 5.41) is 0. The zero-order valence-corrected chi connectivity index (χ0v) is 26.6. The van der Waals surface area contributed by atoms with Crippen LogP contribution in [0.15, 0.2) is 122 Å². The Hall–Kier alpha value is -4.51. The molecule has 2 aromatic heterocycles. The number of fused-ring (bicyclic) bond motifs is 4. The van der Waals surface area contributed by atoms with Gasteiger partial charge in [0.1, 0.15) is 0 Å². The quantitative estimate of drug-likeness (QED) is 0.160. The SMILES string of the molecule is CN1c2ccccc2B2c3ccccc3N(C)c3c(-c4ccccn4)[c-]cc1c32.Cc1ccc(-c2[c-]cccc2)nc1.[Ir]. The molecule has 0 spiro atoms. The summed E-state index contributed by atoms with van der Waals surface area (Å²) in [6, 6.07) is 44.3. The average molecular weight is 733 g/mol. The Bertz CT molecular complexity index is 1870. The Labute approximate surface area is 267 Å². The first-order valence-corrected chi connectivity index (χ1v) is 14.2. The van der Waals surface area contributed by atoms with E-state index in [1.54, 1.807) is 0 Å². The first-order chi connectivity index (χ1) is 20.6. The second-order valence-corrected chi connectivity index (χ2v) is 10.7. The maximum atomic E-state index is 4.64. The molecule has 2 aliphatic rings. The van der Waals surface area contributed by atoms with Gasteiger partial charge in [0.25, 0.3) is 0 Å². The molecule has 0 saturated carbocycles. The van der Waals surface area contributed by atoms with Crippen molar-refractivity contribution in [2.24, 2.45) is 0 Å². The predicted octanol–water partition coefficient (Wildman–Crippen LogP) is 6.08. The summed E-state index contributed by atoms with van der Waals surface area (Å²) in [5.41, 5.74) is 14.2. The van der Waals surface area contributed by atoms with Gasteiger partial charge in [0.15, 0.2) is 0 Å². The van der Waals surface area contributed by atoms with Crippen LogP contribution in [0.4, 0.5) is 22.7 Å². The maximum absolute atomic E-state index is 4.64. The number of aromatic nitrogens is 2. The molecule has 2 aliphatic heterocycles. The fourth-order valence-corrected chi connectivity index (χ4v) is 6.14. The summed E-state index contributed by atoms with van der Waals surface area (Å²) >= 11 is 0. The zero-order valence-electron chi connectivity index (χ0n) is 24.2. The van der Waals surface area contributed by atoms with Gasteiger partial charge >= 0.3 is 0 Å². The van der Waals surface area contributed by atoms with Crippen LogP contribution in [0.25, 0.3) is 22.5 Å². The first kappa shape index (κ1) is 28.6. The van der Waals surface area contributed by atoms with E-state index in [0.717, 1.165) is 22.5 Å². The number of hydrogen-bond acceptors (Lipinski definition) is 4. The second kappa shape index (κ2) is 12.0. The molecule has 6 heteroatoms. The molecule has 0 bridgehead atoms. The molecule has 0 N–H and O–H groups in total. The summed E-state index contributed by atoms with van der Waals surface area (Å²) in [6.45, 7) is 2.24. The van der Waals surface area contributed by atoms with Crippen molar-refractivity contribution in [3.05, 3.63) is 139 Å². The van der Waals surface area contributed by atoms with Gasteiger partial charge in [0.05, 0.1) is 0 Å². The normalized spacial score (nSPS) is 12.2. The molecule has 211 valence electrons. The van der Waals surface area contributed by atoms with Crippen molar-refractivity contribution in [2.75, 3.05) is 23.9 Å². The molecular weight excluding hydrogens is 703 g/mol. The fraction of sp³-hybridized carbons (Fsp3) is 0.0811. The number of benzene rings is 4. The largest absolute Gasteiger partial charge is 0.385 e. The number of anilines is 4. The summed E-state index contributed by atoms with van der Waals surface area (Å²) in [6.07, 6.45) is 3.72. The van der Waals surface area contributed by atoms with E-state index < -0.39 is 0 Å². The average Bonchev–Trinajstić information content (AvgIpc) is 3.06. The van der Waals surface area contributed by atoms with Crippen LogP contribution in [-0.2, 0) is 20.1 Å². The van der Waals surface area contributed by atoms with Gasteiger partial charge in [0, 0.05) is 58.0 Å². The molecule has 0 saturated heterocycles. The van der Waals surface area contributed by atoms with Gasteiger partial charge in [-0.1, -0.05) is 60.7 Å². The fourth-order valence-electron chi connectivity index (χ4n) is 6.14. The standard InChI is InChI=1S/C25H19BN3.C12H10N.Ir/c1-28-21-12-5-3-9-18(21)26-19-10-4-6-13-22(19)29(2)25-17(14-15-23(28)24(25)26)20-11-7-8-16-27-20;1-10-7-8-12(13-9-10)11-5-3-2-4-6-11;/h3-13,15-16H,1-2H3;2-5,7-9H,1H3;/q2*-1;. The van der Waals surface area contributed by atoms with Crippen LogP contribution in [0, 0.1) is 19.1 Å². The predicted molar refractivity (Wildman–Crippen MR) is 175 cm³/mol. The zero-order chi connectivity index (χ0) is 28.6. The Balaban J connectivity index is 0.000000199. The molecular formula is C37H29BIrN4-2. The summed E-state index contributed by atoms with van der Waals surface area (Å²) in [5.74, 6) is 0. The summed E-state index contributed by atoms with van der Waals surface area (Å²) in [4.78, 5) is 13.6. The number of hydrogen-bond donors (Lipinski definition) is 0. The van der Waals surface area contributed by atoms with Gasteiger partial charge in [0.2, 0.25) is 6.71 Å². The van der Waals surface area contributed by atoms with Gasteiger partial charge < -0.3 is 19.8 Å². The van der Waals surface area contributed by atoms with Gasteiger partial charge in [-0.15, -0.1) is 59.1 Å². The molecule has 0 unspecified atom stereocenters. The van der Waals surface area contributed by atoms with Crippen molar-refractivity contribution < 1.29 is 20.1 Å². The molecule has 4 nitrogen and oxygen atoms in total. The van der Waals surface area contributed by atoms with E-state index >= 15 is 0 Å². The van der Waals surface area contributed by atoms with Crippen molar-refractivity contribution in [3.63, 3.8) is 0 Å². The van der Waals surface area contributed by atoms with Gasteiger partial charge in [-0.3, -0.25) is 0 Å². The molecule has 4 aromatic carbocycles. The first-order valence-electron chi connectivity index (χ1n) is 14.2. The molecule has 0 aliphatic carbocycles. The number of para-hydroxylation sites is 2. The van der Waals surface area contributed by atoms with Crippen molar-refractivity contribution in [1.29, 1.82) is 0 Å². The van der Waals surface area contributed by atoms with E-state index in [2.05, 4.69) is 113 Å². The van der Waals surface area contributed by atoms with Gasteiger partial charge in [-0.2, -0.15) is 0 Å². The van der Waals surface area contributed by atoms with Crippen LogP contribution in [0.5, 0.6) is 0 Å². The molecule has 4 heterocycles. The minimum Gasteiger partial charge on any atom is -0.385 e. The van der Waals surface area contributed by atoms with E-state index in [9.17, 15) is 0 Å². The van der Waals surface area contributed by atoms with Gasteiger partial charge in [-0.25, -0.2) is 0 Å². The van der Waals surface area contributed by atoms with Crippen LogP contribution >= 0.6 is 0 Å². The van der Waals surface area contributed by atoms with Crippen LogP contribution in [0.2, 0.25) is 0 Å². The van der Waals surface area contributed by atoms with E-state index in [1.807, 2.05) is 61.8 Å².